The monoisotopic (exact) mass is 290 g/mol. The molecule has 2 rings (SSSR count). The quantitative estimate of drug-likeness (QED) is 0.595. The summed E-state index contributed by atoms with van der Waals surface area (Å²) in [7, 11) is 1.59. The lowest BCUT2D eigenvalue weighted by atomic mass is 9.76. The van der Waals surface area contributed by atoms with Gasteiger partial charge in [-0.3, -0.25) is 9.59 Å². The summed E-state index contributed by atoms with van der Waals surface area (Å²) in [5, 5.41) is 0. The first-order chi connectivity index (χ1) is 10.1. The van der Waals surface area contributed by atoms with Crippen molar-refractivity contribution < 1.29 is 19.1 Å². The molecule has 0 amide bonds. The number of methoxy groups -OCH3 is 1. The summed E-state index contributed by atoms with van der Waals surface area (Å²) in [5.41, 5.74) is 0.0582. The highest BCUT2D eigenvalue weighted by atomic mass is 16.5. The molecule has 21 heavy (non-hydrogen) atoms. The van der Waals surface area contributed by atoms with Gasteiger partial charge in [0.05, 0.1) is 20.1 Å². The van der Waals surface area contributed by atoms with Crippen LogP contribution in [-0.4, -0.2) is 25.5 Å². The second-order valence-electron chi connectivity index (χ2n) is 5.53. The molecule has 0 unspecified atom stereocenters. The Balaban J connectivity index is 2.20. The molecular formula is C17H22O4. The molecule has 0 spiro atoms. The Hall–Kier alpha value is -1.84. The third kappa shape index (κ3) is 3.43. The molecule has 0 N–H and O–H groups in total. The number of carbonyl (C=O) groups excluding carboxylic acids is 2. The molecule has 0 heterocycles. The Labute approximate surface area is 125 Å². The van der Waals surface area contributed by atoms with Crippen LogP contribution in [0.4, 0.5) is 0 Å². The number of ketones is 1. The minimum Gasteiger partial charge on any atom is -0.497 e. The van der Waals surface area contributed by atoms with Crippen molar-refractivity contribution in [2.24, 2.45) is 5.41 Å². The number of esters is 1. The highest BCUT2D eigenvalue weighted by Gasteiger charge is 2.43. The van der Waals surface area contributed by atoms with Crippen LogP contribution in [0.1, 0.15) is 49.4 Å². The number of Topliss-reactive ketones (excluding diaryl/α,β-unsaturated/α-hetero) is 1. The topological polar surface area (TPSA) is 52.6 Å². The smallest absolute Gasteiger partial charge is 0.306 e. The lowest BCUT2D eigenvalue weighted by Gasteiger charge is -2.26. The van der Waals surface area contributed by atoms with Crippen molar-refractivity contribution in [1.29, 1.82) is 0 Å². The van der Waals surface area contributed by atoms with Crippen molar-refractivity contribution in [2.75, 3.05) is 13.7 Å². The lowest BCUT2D eigenvalue weighted by Crippen LogP contribution is -2.31. The first kappa shape index (κ1) is 15.5. The van der Waals surface area contributed by atoms with Gasteiger partial charge < -0.3 is 9.47 Å². The predicted octanol–water partition coefficient (Wildman–Crippen LogP) is 3.39. The van der Waals surface area contributed by atoms with Crippen molar-refractivity contribution in [3.63, 3.8) is 0 Å². The molecule has 4 heteroatoms. The van der Waals surface area contributed by atoms with Crippen LogP contribution in [-0.2, 0) is 9.53 Å². The standard InChI is InChI=1S/C17H22O4/c1-3-21-15(18)12-17(10-4-5-11-17)16(19)13-6-8-14(20-2)9-7-13/h6-9H,3-5,10-12H2,1-2H3. The first-order valence-corrected chi connectivity index (χ1v) is 7.46. The fraction of sp³-hybridized carbons (Fsp3) is 0.529. The van der Waals surface area contributed by atoms with Crippen molar-refractivity contribution >= 4 is 11.8 Å². The summed E-state index contributed by atoms with van der Waals surface area (Å²) in [4.78, 5) is 24.7. The maximum atomic E-state index is 12.9. The van der Waals surface area contributed by atoms with Crippen molar-refractivity contribution in [3.05, 3.63) is 29.8 Å². The molecule has 0 aromatic heterocycles. The fourth-order valence-electron chi connectivity index (χ4n) is 3.07. The van der Waals surface area contributed by atoms with E-state index in [9.17, 15) is 9.59 Å². The van der Waals surface area contributed by atoms with E-state index in [1.54, 1.807) is 38.3 Å². The second kappa shape index (κ2) is 6.74. The molecule has 114 valence electrons. The number of hydrogen-bond donors (Lipinski definition) is 0. The van der Waals surface area contributed by atoms with Gasteiger partial charge in [0.15, 0.2) is 5.78 Å². The normalized spacial score (nSPS) is 16.5. The number of benzene rings is 1. The zero-order valence-electron chi connectivity index (χ0n) is 12.7. The Morgan fingerprint density at radius 1 is 1.14 bits per heavy atom. The van der Waals surface area contributed by atoms with E-state index in [1.807, 2.05) is 0 Å². The number of carbonyl (C=O) groups is 2. The van der Waals surface area contributed by atoms with Crippen LogP contribution < -0.4 is 4.74 Å². The summed E-state index contributed by atoms with van der Waals surface area (Å²) in [6.45, 7) is 2.14. The van der Waals surface area contributed by atoms with Crippen molar-refractivity contribution in [1.82, 2.24) is 0 Å². The van der Waals surface area contributed by atoms with Crippen LogP contribution in [0.5, 0.6) is 5.75 Å². The molecule has 1 fully saturated rings. The van der Waals surface area contributed by atoms with Gasteiger partial charge in [0.1, 0.15) is 5.75 Å². The van der Waals surface area contributed by atoms with Gasteiger partial charge in [-0.1, -0.05) is 12.8 Å². The molecular weight excluding hydrogens is 268 g/mol. The Kier molecular flexibility index (Phi) is 4.99. The van der Waals surface area contributed by atoms with Crippen LogP contribution in [0, 0.1) is 5.41 Å². The fourth-order valence-corrected chi connectivity index (χ4v) is 3.07. The van der Waals surface area contributed by atoms with E-state index in [0.717, 1.165) is 31.4 Å². The van der Waals surface area contributed by atoms with Crippen LogP contribution in [0.25, 0.3) is 0 Å². The average molecular weight is 290 g/mol. The largest absolute Gasteiger partial charge is 0.497 e. The maximum Gasteiger partial charge on any atom is 0.306 e. The molecule has 4 nitrogen and oxygen atoms in total. The van der Waals surface area contributed by atoms with Gasteiger partial charge in [0.25, 0.3) is 0 Å². The summed E-state index contributed by atoms with van der Waals surface area (Å²) in [6.07, 6.45) is 3.68. The van der Waals surface area contributed by atoms with E-state index in [2.05, 4.69) is 0 Å². The van der Waals surface area contributed by atoms with E-state index < -0.39 is 5.41 Å². The Morgan fingerprint density at radius 3 is 2.29 bits per heavy atom. The molecule has 0 aliphatic heterocycles. The zero-order chi connectivity index (χ0) is 15.3. The van der Waals surface area contributed by atoms with Gasteiger partial charge in [-0.2, -0.15) is 0 Å². The van der Waals surface area contributed by atoms with Crippen LogP contribution >= 0.6 is 0 Å². The Morgan fingerprint density at radius 2 is 1.76 bits per heavy atom. The molecule has 0 bridgehead atoms. The SMILES string of the molecule is CCOC(=O)CC1(C(=O)c2ccc(OC)cc2)CCCC1. The van der Waals surface area contributed by atoms with Gasteiger partial charge in [-0.15, -0.1) is 0 Å². The number of hydrogen-bond acceptors (Lipinski definition) is 4. The minimum atomic E-state index is -0.582. The van der Waals surface area contributed by atoms with Crippen LogP contribution in [0.2, 0.25) is 0 Å². The van der Waals surface area contributed by atoms with Crippen LogP contribution in [0.15, 0.2) is 24.3 Å². The molecule has 1 saturated carbocycles. The third-order valence-electron chi connectivity index (χ3n) is 4.18. The molecule has 1 aliphatic rings. The molecule has 0 atom stereocenters. The molecule has 1 aromatic rings. The first-order valence-electron chi connectivity index (χ1n) is 7.46. The molecule has 1 aliphatic carbocycles. The highest BCUT2D eigenvalue weighted by Crippen LogP contribution is 2.44. The van der Waals surface area contributed by atoms with Gasteiger partial charge in [0, 0.05) is 11.0 Å². The van der Waals surface area contributed by atoms with Crippen molar-refractivity contribution in [2.45, 2.75) is 39.0 Å². The Bertz CT molecular complexity index is 498. The van der Waals surface area contributed by atoms with Crippen molar-refractivity contribution in [3.8, 4) is 5.75 Å². The van der Waals surface area contributed by atoms with E-state index in [4.69, 9.17) is 9.47 Å². The summed E-state index contributed by atoms with van der Waals surface area (Å²) in [6, 6.07) is 7.10. The molecule has 0 radical (unpaired) electrons. The van der Waals surface area contributed by atoms with Gasteiger partial charge in [0.2, 0.25) is 0 Å². The average Bonchev–Trinajstić information content (AvgIpc) is 2.96. The summed E-state index contributed by atoms with van der Waals surface area (Å²) in [5.74, 6) is 0.495. The van der Waals surface area contributed by atoms with Gasteiger partial charge in [-0.25, -0.2) is 0 Å². The number of rotatable bonds is 6. The second-order valence-corrected chi connectivity index (χ2v) is 5.53. The third-order valence-corrected chi connectivity index (χ3v) is 4.18. The van der Waals surface area contributed by atoms with E-state index in [0.29, 0.717) is 12.2 Å². The highest BCUT2D eigenvalue weighted by molar-refractivity contribution is 6.02. The number of ether oxygens (including phenoxy) is 2. The maximum absolute atomic E-state index is 12.9. The molecule has 0 saturated heterocycles. The van der Waals surface area contributed by atoms with Gasteiger partial charge in [-0.05, 0) is 44.0 Å². The van der Waals surface area contributed by atoms with E-state index >= 15 is 0 Å². The predicted molar refractivity (Wildman–Crippen MR) is 79.5 cm³/mol. The summed E-state index contributed by atoms with van der Waals surface area (Å²) >= 11 is 0. The minimum absolute atomic E-state index is 0.0516. The van der Waals surface area contributed by atoms with Gasteiger partial charge >= 0.3 is 5.97 Å². The lowest BCUT2D eigenvalue weighted by molar-refractivity contribution is -0.145. The van der Waals surface area contributed by atoms with Crippen LogP contribution in [0.3, 0.4) is 0 Å². The zero-order valence-corrected chi connectivity index (χ0v) is 12.7. The van der Waals surface area contributed by atoms with E-state index in [-0.39, 0.29) is 18.2 Å². The summed E-state index contributed by atoms with van der Waals surface area (Å²) < 4.78 is 10.2. The molecule has 1 aromatic carbocycles. The van der Waals surface area contributed by atoms with E-state index in [1.165, 1.54) is 0 Å².